The lowest BCUT2D eigenvalue weighted by molar-refractivity contribution is -0.124. The molecule has 1 saturated heterocycles. The first-order chi connectivity index (χ1) is 13.9. The molecule has 0 bridgehead atoms. The van der Waals surface area contributed by atoms with Crippen molar-refractivity contribution >= 4 is 11.6 Å². The van der Waals surface area contributed by atoms with Crippen LogP contribution in [0.3, 0.4) is 0 Å². The molecule has 0 spiro atoms. The summed E-state index contributed by atoms with van der Waals surface area (Å²) >= 11 is 0. The zero-order valence-corrected chi connectivity index (χ0v) is 16.4. The van der Waals surface area contributed by atoms with Crippen molar-refractivity contribution in [2.45, 2.75) is 38.0 Å². The van der Waals surface area contributed by atoms with Gasteiger partial charge in [-0.1, -0.05) is 12.1 Å². The van der Waals surface area contributed by atoms with Crippen LogP contribution in [0.2, 0.25) is 0 Å². The summed E-state index contributed by atoms with van der Waals surface area (Å²) in [4.78, 5) is 41.0. The summed E-state index contributed by atoms with van der Waals surface area (Å²) in [7, 11) is 1.62. The summed E-state index contributed by atoms with van der Waals surface area (Å²) in [6, 6.07) is 1.57. The van der Waals surface area contributed by atoms with E-state index in [4.69, 9.17) is 5.73 Å². The van der Waals surface area contributed by atoms with Gasteiger partial charge in [0.25, 0.3) is 0 Å². The highest BCUT2D eigenvalue weighted by atomic mass is 19.1. The Morgan fingerprint density at radius 3 is 2.86 bits per heavy atom. The van der Waals surface area contributed by atoms with E-state index in [1.54, 1.807) is 18.0 Å². The van der Waals surface area contributed by atoms with Gasteiger partial charge in [-0.3, -0.25) is 25.3 Å². The largest absolute Gasteiger partial charge is 0.324 e. The number of aromatic nitrogens is 1. The summed E-state index contributed by atoms with van der Waals surface area (Å²) in [6.07, 6.45) is -0.383. The number of nitrogens with zero attached hydrogens (tertiary/aromatic N) is 4. The Hall–Kier alpha value is -2.41. The van der Waals surface area contributed by atoms with Crippen molar-refractivity contribution in [2.75, 3.05) is 32.0 Å². The number of amides is 1. The van der Waals surface area contributed by atoms with E-state index in [9.17, 15) is 19.0 Å². The van der Waals surface area contributed by atoms with Gasteiger partial charge in [-0.2, -0.15) is 0 Å². The van der Waals surface area contributed by atoms with Crippen LogP contribution >= 0.6 is 0 Å². The average molecular weight is 410 g/mol. The van der Waals surface area contributed by atoms with Crippen LogP contribution in [0.1, 0.15) is 25.1 Å². The first kappa shape index (κ1) is 22.9. The number of nitrogens with two attached hydrogens (primary N) is 1. The minimum Gasteiger partial charge on any atom is -0.324 e. The normalized spacial score (nSPS) is 23.0. The van der Waals surface area contributed by atoms with Crippen LogP contribution in [0.25, 0.3) is 0 Å². The highest BCUT2D eigenvalue weighted by Crippen LogP contribution is 2.25. The average Bonchev–Trinajstić information content (AvgIpc) is 2.71. The number of alkyl halides is 1. The summed E-state index contributed by atoms with van der Waals surface area (Å²) in [5.41, 5.74) is 6.48. The Morgan fingerprint density at radius 1 is 1.48 bits per heavy atom. The summed E-state index contributed by atoms with van der Waals surface area (Å²) in [5.74, 6) is -1.70. The van der Waals surface area contributed by atoms with E-state index in [0.29, 0.717) is 12.1 Å². The third-order valence-corrected chi connectivity index (χ3v) is 4.74. The van der Waals surface area contributed by atoms with E-state index >= 15 is 0 Å². The van der Waals surface area contributed by atoms with Crippen LogP contribution in [-0.2, 0) is 4.79 Å². The first-order valence-corrected chi connectivity index (χ1v) is 9.39. The molecule has 1 aromatic heterocycles. The molecule has 0 aliphatic carbocycles. The number of hydrogen-bond acceptors (Lipinski definition) is 10. The summed E-state index contributed by atoms with van der Waals surface area (Å²) < 4.78 is 13.6. The smallest absolute Gasteiger partial charge is 0.234 e. The van der Waals surface area contributed by atoms with Crippen molar-refractivity contribution in [2.24, 2.45) is 22.0 Å². The lowest BCUT2D eigenvalue weighted by Crippen LogP contribution is -2.62. The van der Waals surface area contributed by atoms with E-state index in [0.717, 1.165) is 6.42 Å². The van der Waals surface area contributed by atoms with E-state index < -0.39 is 36.5 Å². The zero-order chi connectivity index (χ0) is 21.4. The summed E-state index contributed by atoms with van der Waals surface area (Å²) in [5, 5.41) is 14.4. The molecule has 0 aromatic carbocycles. The number of carbonyl (C=O) groups excluding carboxylic acids is 1. The minimum atomic E-state index is -1.36. The molecule has 1 amide bonds. The lowest BCUT2D eigenvalue weighted by Gasteiger charge is -2.39. The van der Waals surface area contributed by atoms with E-state index in [1.165, 1.54) is 12.4 Å². The second-order valence-corrected chi connectivity index (χ2v) is 6.93. The maximum Gasteiger partial charge on any atom is 0.234 e. The highest BCUT2D eigenvalue weighted by molar-refractivity contribution is 5.94. The van der Waals surface area contributed by atoms with Crippen molar-refractivity contribution in [3.05, 3.63) is 33.8 Å². The van der Waals surface area contributed by atoms with Gasteiger partial charge in [0.15, 0.2) is 12.3 Å². The standard InChI is InChI=1S/C17H27FN8O3/c1-3-5-21-15(25-29)11-4-6-20-8-12(11)23-17(27)13(14(19)24-28)16-22-7-10(18)9-26(16)2/h4,6,8,10,13-16,21-22H,3,5,7,9,19H2,1-2H3,(H,23,27). The fourth-order valence-electron chi connectivity index (χ4n) is 3.30. The van der Waals surface area contributed by atoms with Gasteiger partial charge in [-0.05, 0) is 31.3 Å². The van der Waals surface area contributed by atoms with Crippen LogP contribution in [-0.4, -0.2) is 61.0 Å². The highest BCUT2D eigenvalue weighted by Gasteiger charge is 2.40. The molecular formula is C17H27FN8O3. The molecule has 1 aromatic rings. The molecule has 0 saturated carbocycles. The molecule has 29 heavy (non-hydrogen) atoms. The van der Waals surface area contributed by atoms with E-state index in [1.807, 2.05) is 6.92 Å². The monoisotopic (exact) mass is 410 g/mol. The molecule has 1 aliphatic rings. The molecule has 12 heteroatoms. The van der Waals surface area contributed by atoms with Gasteiger partial charge in [-0.15, -0.1) is 9.81 Å². The molecule has 11 nitrogen and oxygen atoms in total. The second-order valence-electron chi connectivity index (χ2n) is 6.93. The van der Waals surface area contributed by atoms with Crippen molar-refractivity contribution in [1.82, 2.24) is 20.5 Å². The Bertz CT molecular complexity index is 709. The molecule has 2 heterocycles. The van der Waals surface area contributed by atoms with Crippen molar-refractivity contribution in [3.63, 3.8) is 0 Å². The van der Waals surface area contributed by atoms with E-state index in [-0.39, 0.29) is 18.8 Å². The van der Waals surface area contributed by atoms with Gasteiger partial charge in [0, 0.05) is 24.8 Å². The van der Waals surface area contributed by atoms with Crippen LogP contribution in [0.4, 0.5) is 10.1 Å². The van der Waals surface area contributed by atoms with Gasteiger partial charge in [0.1, 0.15) is 12.1 Å². The lowest BCUT2D eigenvalue weighted by atomic mass is 9.98. The molecule has 1 fully saturated rings. The van der Waals surface area contributed by atoms with Gasteiger partial charge in [-0.25, -0.2) is 4.39 Å². The van der Waals surface area contributed by atoms with Crippen molar-refractivity contribution < 1.29 is 9.18 Å². The molecule has 2 rings (SSSR count). The van der Waals surface area contributed by atoms with Crippen LogP contribution in [0.5, 0.6) is 0 Å². The molecule has 160 valence electrons. The molecule has 5 unspecified atom stereocenters. The predicted octanol–water partition coefficient (Wildman–Crippen LogP) is 0.651. The molecule has 5 N–H and O–H groups in total. The second kappa shape index (κ2) is 11.0. The fraction of sp³-hybridized carbons (Fsp3) is 0.647. The number of nitrogens with one attached hydrogen (secondary N) is 3. The Balaban J connectivity index is 2.25. The quantitative estimate of drug-likeness (QED) is 0.410. The Labute approximate surface area is 167 Å². The van der Waals surface area contributed by atoms with Gasteiger partial charge < -0.3 is 11.1 Å². The topological polar surface area (TPSA) is 154 Å². The summed E-state index contributed by atoms with van der Waals surface area (Å²) in [6.45, 7) is 2.61. The molecular weight excluding hydrogens is 383 g/mol. The fourth-order valence-corrected chi connectivity index (χ4v) is 3.30. The van der Waals surface area contributed by atoms with Crippen molar-refractivity contribution in [3.8, 4) is 0 Å². The minimum absolute atomic E-state index is 0.0284. The Morgan fingerprint density at radius 2 is 2.24 bits per heavy atom. The molecule has 0 radical (unpaired) electrons. The molecule has 1 aliphatic heterocycles. The van der Waals surface area contributed by atoms with Crippen LogP contribution < -0.4 is 21.7 Å². The maximum absolute atomic E-state index is 13.6. The number of hydrogen-bond donors (Lipinski definition) is 4. The van der Waals surface area contributed by atoms with Gasteiger partial charge in [0.05, 0.1) is 18.1 Å². The molecule has 5 atom stereocenters. The first-order valence-electron chi connectivity index (χ1n) is 9.39. The number of rotatable bonds is 10. The number of halogens is 1. The number of carbonyl (C=O) groups is 1. The van der Waals surface area contributed by atoms with Crippen LogP contribution in [0, 0.1) is 15.7 Å². The maximum atomic E-state index is 13.6. The zero-order valence-electron chi connectivity index (χ0n) is 16.4. The predicted molar refractivity (Wildman–Crippen MR) is 106 cm³/mol. The number of nitroso groups, excluding NO2 is 2. The third-order valence-electron chi connectivity index (χ3n) is 4.74. The van der Waals surface area contributed by atoms with Crippen LogP contribution in [0.15, 0.2) is 28.8 Å². The number of anilines is 1. The van der Waals surface area contributed by atoms with E-state index in [2.05, 4.69) is 31.3 Å². The Kier molecular flexibility index (Phi) is 8.64. The third kappa shape index (κ3) is 5.79. The van der Waals surface area contributed by atoms with Gasteiger partial charge >= 0.3 is 0 Å². The van der Waals surface area contributed by atoms with Crippen molar-refractivity contribution in [1.29, 1.82) is 0 Å². The number of pyridine rings is 1. The SMILES string of the molecule is CCCNC(N=O)c1ccncc1NC(=O)C(C(N)N=O)C1NCC(F)CN1C. The van der Waals surface area contributed by atoms with Gasteiger partial charge in [0.2, 0.25) is 5.91 Å².